The molecule has 0 radical (unpaired) electrons. The molecule has 2 aromatic rings. The van der Waals surface area contributed by atoms with Crippen LogP contribution in [-0.4, -0.2) is 10.8 Å². The quantitative estimate of drug-likeness (QED) is 0.809. The fourth-order valence-electron chi connectivity index (χ4n) is 1.69. The summed E-state index contributed by atoms with van der Waals surface area (Å²) < 4.78 is 13.8. The van der Waals surface area contributed by atoms with Gasteiger partial charge in [-0.25, -0.2) is 4.39 Å². The van der Waals surface area contributed by atoms with Crippen LogP contribution in [0.3, 0.4) is 0 Å². The van der Waals surface area contributed by atoms with Crippen molar-refractivity contribution in [3.8, 4) is 0 Å². The number of carbonyl (C=O) groups is 1. The lowest BCUT2D eigenvalue weighted by Gasteiger charge is -2.03. The Morgan fingerprint density at radius 1 is 1.33 bits per heavy atom. The number of hydrogen-bond acceptors (Lipinski definition) is 2. The van der Waals surface area contributed by atoms with Crippen molar-refractivity contribution in [2.75, 3.05) is 0 Å². The third-order valence-corrected chi connectivity index (χ3v) is 2.92. The van der Waals surface area contributed by atoms with Gasteiger partial charge in [0.25, 0.3) is 0 Å². The highest BCUT2D eigenvalue weighted by Gasteiger charge is 2.10. The SMILES string of the molecule is Cc1cccc(C(=O)Cc2cc(F)cc(Br)c2)n1. The molecular formula is C14H11BrFNO. The zero-order valence-electron chi connectivity index (χ0n) is 9.78. The van der Waals surface area contributed by atoms with Crippen molar-refractivity contribution in [1.29, 1.82) is 0 Å². The highest BCUT2D eigenvalue weighted by Crippen LogP contribution is 2.16. The molecule has 1 heterocycles. The monoisotopic (exact) mass is 307 g/mol. The highest BCUT2D eigenvalue weighted by atomic mass is 79.9. The van der Waals surface area contributed by atoms with Gasteiger partial charge in [-0.15, -0.1) is 0 Å². The van der Waals surface area contributed by atoms with Crippen LogP contribution in [0.25, 0.3) is 0 Å². The van der Waals surface area contributed by atoms with Crippen molar-refractivity contribution in [2.24, 2.45) is 0 Å². The highest BCUT2D eigenvalue weighted by molar-refractivity contribution is 9.10. The van der Waals surface area contributed by atoms with Gasteiger partial charge in [-0.05, 0) is 42.8 Å². The summed E-state index contributed by atoms with van der Waals surface area (Å²) >= 11 is 3.20. The average Bonchev–Trinajstić information content (AvgIpc) is 2.27. The van der Waals surface area contributed by atoms with Crippen LogP contribution < -0.4 is 0 Å². The summed E-state index contributed by atoms with van der Waals surface area (Å²) in [7, 11) is 0. The fraction of sp³-hybridized carbons (Fsp3) is 0.143. The van der Waals surface area contributed by atoms with Crippen molar-refractivity contribution in [3.05, 3.63) is 63.6 Å². The molecule has 0 bridgehead atoms. The largest absolute Gasteiger partial charge is 0.292 e. The zero-order chi connectivity index (χ0) is 13.1. The van der Waals surface area contributed by atoms with Gasteiger partial charge in [0, 0.05) is 16.6 Å². The van der Waals surface area contributed by atoms with E-state index in [0.29, 0.717) is 15.7 Å². The van der Waals surface area contributed by atoms with Gasteiger partial charge >= 0.3 is 0 Å². The Labute approximate surface area is 113 Å². The Hall–Kier alpha value is -1.55. The minimum Gasteiger partial charge on any atom is -0.292 e. The molecule has 2 rings (SSSR count). The van der Waals surface area contributed by atoms with E-state index in [0.717, 1.165) is 5.69 Å². The van der Waals surface area contributed by atoms with Gasteiger partial charge in [0.1, 0.15) is 11.5 Å². The number of aromatic nitrogens is 1. The molecule has 0 N–H and O–H groups in total. The molecule has 92 valence electrons. The molecule has 0 spiro atoms. The van der Waals surface area contributed by atoms with Crippen molar-refractivity contribution in [2.45, 2.75) is 13.3 Å². The number of nitrogens with zero attached hydrogens (tertiary/aromatic N) is 1. The fourth-order valence-corrected chi connectivity index (χ4v) is 2.20. The van der Waals surface area contributed by atoms with E-state index in [9.17, 15) is 9.18 Å². The lowest BCUT2D eigenvalue weighted by atomic mass is 10.1. The van der Waals surface area contributed by atoms with Gasteiger partial charge < -0.3 is 0 Å². The lowest BCUT2D eigenvalue weighted by molar-refractivity contribution is 0.0988. The predicted octanol–water partition coefficient (Wildman–Crippen LogP) is 3.72. The Bertz CT molecular complexity index is 578. The maximum atomic E-state index is 13.2. The first-order valence-electron chi connectivity index (χ1n) is 5.46. The van der Waals surface area contributed by atoms with Gasteiger partial charge in [-0.3, -0.25) is 9.78 Å². The lowest BCUT2D eigenvalue weighted by Crippen LogP contribution is -2.06. The number of carbonyl (C=O) groups excluding carboxylic acids is 1. The maximum absolute atomic E-state index is 13.2. The molecule has 0 unspecified atom stereocenters. The molecule has 0 aliphatic heterocycles. The molecular weight excluding hydrogens is 297 g/mol. The molecule has 0 amide bonds. The number of pyridine rings is 1. The molecule has 4 heteroatoms. The van der Waals surface area contributed by atoms with Gasteiger partial charge in [0.05, 0.1) is 0 Å². The van der Waals surface area contributed by atoms with Crippen LogP contribution in [-0.2, 0) is 6.42 Å². The summed E-state index contributed by atoms with van der Waals surface area (Å²) in [5.41, 5.74) is 1.84. The number of Topliss-reactive ketones (excluding diaryl/α,β-unsaturated/α-hetero) is 1. The Balaban J connectivity index is 2.21. The van der Waals surface area contributed by atoms with Crippen molar-refractivity contribution in [3.63, 3.8) is 0 Å². The Morgan fingerprint density at radius 3 is 2.78 bits per heavy atom. The molecule has 18 heavy (non-hydrogen) atoms. The number of halogens is 2. The molecule has 1 aromatic carbocycles. The standard InChI is InChI=1S/C14H11BrFNO/c1-9-3-2-4-13(17-9)14(18)7-10-5-11(15)8-12(16)6-10/h2-6,8H,7H2,1H3. The van der Waals surface area contributed by atoms with Crippen LogP contribution in [0.1, 0.15) is 21.7 Å². The summed E-state index contributed by atoms with van der Waals surface area (Å²) in [6.07, 6.45) is 0.146. The van der Waals surface area contributed by atoms with Gasteiger partial charge in [0.2, 0.25) is 0 Å². The topological polar surface area (TPSA) is 30.0 Å². The molecule has 1 aromatic heterocycles. The van der Waals surface area contributed by atoms with E-state index in [2.05, 4.69) is 20.9 Å². The molecule has 2 nitrogen and oxygen atoms in total. The second-order valence-electron chi connectivity index (χ2n) is 4.04. The molecule has 0 saturated heterocycles. The summed E-state index contributed by atoms with van der Waals surface area (Å²) in [4.78, 5) is 16.1. The van der Waals surface area contributed by atoms with Crippen molar-refractivity contribution >= 4 is 21.7 Å². The van der Waals surface area contributed by atoms with E-state index >= 15 is 0 Å². The van der Waals surface area contributed by atoms with E-state index in [1.807, 2.05) is 13.0 Å². The van der Waals surface area contributed by atoms with Gasteiger partial charge in [0.15, 0.2) is 5.78 Å². The number of hydrogen-bond donors (Lipinski definition) is 0. The van der Waals surface area contributed by atoms with Crippen molar-refractivity contribution < 1.29 is 9.18 Å². The van der Waals surface area contributed by atoms with Crippen LogP contribution in [0.4, 0.5) is 4.39 Å². The second kappa shape index (κ2) is 5.40. The van der Waals surface area contributed by atoms with E-state index in [-0.39, 0.29) is 18.0 Å². The van der Waals surface area contributed by atoms with E-state index in [4.69, 9.17) is 0 Å². The second-order valence-corrected chi connectivity index (χ2v) is 4.96. The van der Waals surface area contributed by atoms with Crippen molar-refractivity contribution in [1.82, 2.24) is 4.98 Å². The smallest absolute Gasteiger partial charge is 0.185 e. The van der Waals surface area contributed by atoms with Crippen LogP contribution in [0.15, 0.2) is 40.9 Å². The number of aryl methyl sites for hydroxylation is 1. The van der Waals surface area contributed by atoms with Gasteiger partial charge in [-0.2, -0.15) is 0 Å². The van der Waals surface area contributed by atoms with Crippen LogP contribution in [0, 0.1) is 12.7 Å². The summed E-state index contributed by atoms with van der Waals surface area (Å²) in [5, 5.41) is 0. The number of rotatable bonds is 3. The molecule has 0 aliphatic carbocycles. The Morgan fingerprint density at radius 2 is 2.11 bits per heavy atom. The Kier molecular flexibility index (Phi) is 3.87. The van der Waals surface area contributed by atoms with E-state index in [1.165, 1.54) is 12.1 Å². The first-order valence-corrected chi connectivity index (χ1v) is 6.26. The first-order chi connectivity index (χ1) is 8.54. The van der Waals surface area contributed by atoms with E-state index < -0.39 is 0 Å². The summed E-state index contributed by atoms with van der Waals surface area (Å²) in [6, 6.07) is 9.74. The van der Waals surface area contributed by atoms with Crippen LogP contribution in [0.5, 0.6) is 0 Å². The predicted molar refractivity (Wildman–Crippen MR) is 71.1 cm³/mol. The minimum absolute atomic E-state index is 0.115. The zero-order valence-corrected chi connectivity index (χ0v) is 11.4. The number of ketones is 1. The molecule has 0 atom stereocenters. The summed E-state index contributed by atoms with van der Waals surface area (Å²) in [6.45, 7) is 1.83. The third-order valence-electron chi connectivity index (χ3n) is 2.46. The molecule has 0 saturated carbocycles. The first kappa shape index (κ1) is 12.9. The molecule has 0 aliphatic rings. The normalized spacial score (nSPS) is 10.4. The van der Waals surface area contributed by atoms with Crippen LogP contribution >= 0.6 is 15.9 Å². The molecule has 0 fully saturated rings. The third kappa shape index (κ3) is 3.23. The number of benzene rings is 1. The minimum atomic E-state index is -0.357. The van der Waals surface area contributed by atoms with Gasteiger partial charge in [-0.1, -0.05) is 22.0 Å². The maximum Gasteiger partial charge on any atom is 0.185 e. The summed E-state index contributed by atoms with van der Waals surface area (Å²) in [5.74, 6) is -0.472. The average molecular weight is 308 g/mol. The van der Waals surface area contributed by atoms with E-state index in [1.54, 1.807) is 18.2 Å². The van der Waals surface area contributed by atoms with Crippen LogP contribution in [0.2, 0.25) is 0 Å².